The molecule has 2 amide bonds. The van der Waals surface area contributed by atoms with E-state index in [1.807, 2.05) is 35.2 Å². The second-order valence-electron chi connectivity index (χ2n) is 6.43. The Bertz CT molecular complexity index is 868. The van der Waals surface area contributed by atoms with Gasteiger partial charge in [0.15, 0.2) is 0 Å². The SMILES string of the molecule is Cc1ccc(C2c3cccn3CCN2C(=O)Nc2ccccc2)cc1. The van der Waals surface area contributed by atoms with Crippen molar-refractivity contribution in [1.82, 2.24) is 9.47 Å². The number of aryl methyl sites for hydroxylation is 1. The number of para-hydroxylation sites is 1. The highest BCUT2D eigenvalue weighted by Crippen LogP contribution is 2.33. The molecule has 1 atom stereocenters. The molecule has 4 nitrogen and oxygen atoms in total. The number of fused-ring (bicyclic) bond motifs is 1. The molecule has 4 heteroatoms. The summed E-state index contributed by atoms with van der Waals surface area (Å²) < 4.78 is 2.23. The number of benzene rings is 2. The molecule has 0 saturated heterocycles. The van der Waals surface area contributed by atoms with E-state index in [2.05, 4.69) is 59.4 Å². The Morgan fingerprint density at radius 1 is 0.960 bits per heavy atom. The van der Waals surface area contributed by atoms with Crippen LogP contribution in [0.2, 0.25) is 0 Å². The molecule has 2 heterocycles. The minimum absolute atomic E-state index is 0.0655. The number of aromatic nitrogens is 1. The Balaban J connectivity index is 1.68. The molecule has 3 aromatic rings. The molecule has 0 saturated carbocycles. The van der Waals surface area contributed by atoms with Crippen LogP contribution in [0.15, 0.2) is 72.9 Å². The molecule has 1 unspecified atom stereocenters. The van der Waals surface area contributed by atoms with Crippen LogP contribution < -0.4 is 5.32 Å². The molecule has 0 aliphatic carbocycles. The third-order valence-corrected chi connectivity index (χ3v) is 4.72. The van der Waals surface area contributed by atoms with Gasteiger partial charge in [-0.15, -0.1) is 0 Å². The van der Waals surface area contributed by atoms with Crippen LogP contribution in [0.4, 0.5) is 10.5 Å². The monoisotopic (exact) mass is 331 g/mol. The number of nitrogens with one attached hydrogen (secondary N) is 1. The average molecular weight is 331 g/mol. The molecule has 4 rings (SSSR count). The number of anilines is 1. The van der Waals surface area contributed by atoms with Crippen molar-refractivity contribution in [2.75, 3.05) is 11.9 Å². The highest BCUT2D eigenvalue weighted by molar-refractivity contribution is 5.90. The number of nitrogens with zero attached hydrogens (tertiary/aromatic N) is 2. The summed E-state index contributed by atoms with van der Waals surface area (Å²) in [5, 5.41) is 3.02. The van der Waals surface area contributed by atoms with Gasteiger partial charge in [-0.05, 0) is 36.8 Å². The van der Waals surface area contributed by atoms with E-state index in [1.165, 1.54) is 5.56 Å². The summed E-state index contributed by atoms with van der Waals surface area (Å²) in [4.78, 5) is 14.9. The fourth-order valence-corrected chi connectivity index (χ4v) is 3.42. The lowest BCUT2D eigenvalue weighted by molar-refractivity contribution is 0.182. The zero-order chi connectivity index (χ0) is 17.2. The second kappa shape index (κ2) is 6.48. The Morgan fingerprint density at radius 3 is 2.48 bits per heavy atom. The minimum atomic E-state index is -0.0759. The number of urea groups is 1. The van der Waals surface area contributed by atoms with Crippen molar-refractivity contribution in [2.24, 2.45) is 0 Å². The summed E-state index contributed by atoms with van der Waals surface area (Å²) in [6.07, 6.45) is 2.09. The summed E-state index contributed by atoms with van der Waals surface area (Å²) in [7, 11) is 0. The van der Waals surface area contributed by atoms with E-state index in [0.717, 1.165) is 23.5 Å². The van der Waals surface area contributed by atoms with Crippen molar-refractivity contribution in [3.8, 4) is 0 Å². The highest BCUT2D eigenvalue weighted by Gasteiger charge is 2.32. The molecular weight excluding hydrogens is 310 g/mol. The van der Waals surface area contributed by atoms with Crippen molar-refractivity contribution < 1.29 is 4.79 Å². The van der Waals surface area contributed by atoms with Gasteiger partial charge in [0.05, 0.1) is 6.04 Å². The lowest BCUT2D eigenvalue weighted by Crippen LogP contribution is -2.44. The number of carbonyl (C=O) groups is 1. The Kier molecular flexibility index (Phi) is 4.02. The molecule has 1 aliphatic rings. The molecule has 0 radical (unpaired) electrons. The molecule has 2 aromatic carbocycles. The van der Waals surface area contributed by atoms with E-state index in [0.29, 0.717) is 6.54 Å². The highest BCUT2D eigenvalue weighted by atomic mass is 16.2. The zero-order valence-corrected chi connectivity index (χ0v) is 14.2. The number of amides is 2. The Morgan fingerprint density at radius 2 is 1.72 bits per heavy atom. The van der Waals surface area contributed by atoms with Crippen molar-refractivity contribution in [3.05, 3.63) is 89.7 Å². The first-order valence-corrected chi connectivity index (χ1v) is 8.56. The standard InChI is InChI=1S/C21H21N3O/c1-16-9-11-17(12-10-16)20-19-8-5-13-23(19)14-15-24(20)21(25)22-18-6-3-2-4-7-18/h2-13,20H,14-15H2,1H3,(H,22,25). The summed E-state index contributed by atoms with van der Waals surface area (Å²) in [6, 6.07) is 22.1. The molecule has 0 bridgehead atoms. The summed E-state index contributed by atoms with van der Waals surface area (Å²) in [6.45, 7) is 3.57. The van der Waals surface area contributed by atoms with Gasteiger partial charge in [-0.25, -0.2) is 4.79 Å². The molecular formula is C21H21N3O. The van der Waals surface area contributed by atoms with Gasteiger partial charge in [0.2, 0.25) is 0 Å². The smallest absolute Gasteiger partial charge is 0.322 e. The largest absolute Gasteiger partial charge is 0.348 e. The summed E-state index contributed by atoms with van der Waals surface area (Å²) in [5.41, 5.74) is 4.32. The molecule has 0 spiro atoms. The van der Waals surface area contributed by atoms with E-state index < -0.39 is 0 Å². The third-order valence-electron chi connectivity index (χ3n) is 4.72. The van der Waals surface area contributed by atoms with E-state index in [4.69, 9.17) is 0 Å². The summed E-state index contributed by atoms with van der Waals surface area (Å²) in [5.74, 6) is 0. The van der Waals surface area contributed by atoms with Crippen molar-refractivity contribution in [3.63, 3.8) is 0 Å². The van der Waals surface area contributed by atoms with Crippen molar-refractivity contribution in [1.29, 1.82) is 0 Å². The van der Waals surface area contributed by atoms with E-state index in [9.17, 15) is 4.79 Å². The third kappa shape index (κ3) is 3.03. The van der Waals surface area contributed by atoms with Gasteiger partial charge in [-0.3, -0.25) is 0 Å². The molecule has 1 aromatic heterocycles. The first kappa shape index (κ1) is 15.5. The van der Waals surface area contributed by atoms with Gasteiger partial charge in [-0.2, -0.15) is 0 Å². The first-order chi connectivity index (χ1) is 12.2. The normalized spacial score (nSPS) is 16.4. The molecule has 0 fully saturated rings. The molecule has 1 N–H and O–H groups in total. The number of hydrogen-bond acceptors (Lipinski definition) is 1. The van der Waals surface area contributed by atoms with Crippen LogP contribution in [0.1, 0.15) is 22.9 Å². The lowest BCUT2D eigenvalue weighted by Gasteiger charge is -2.37. The predicted octanol–water partition coefficient (Wildman–Crippen LogP) is 4.43. The van der Waals surface area contributed by atoms with Gasteiger partial charge in [0.1, 0.15) is 0 Å². The lowest BCUT2D eigenvalue weighted by atomic mass is 9.99. The van der Waals surface area contributed by atoms with Crippen molar-refractivity contribution >= 4 is 11.7 Å². The van der Waals surface area contributed by atoms with Crippen LogP contribution in [0.3, 0.4) is 0 Å². The van der Waals surface area contributed by atoms with Gasteiger partial charge in [0, 0.05) is 30.7 Å². The molecule has 25 heavy (non-hydrogen) atoms. The van der Waals surface area contributed by atoms with Crippen molar-refractivity contribution in [2.45, 2.75) is 19.5 Å². The van der Waals surface area contributed by atoms with E-state index in [1.54, 1.807) is 0 Å². The van der Waals surface area contributed by atoms with Gasteiger partial charge < -0.3 is 14.8 Å². The van der Waals surface area contributed by atoms with Crippen LogP contribution in [0, 0.1) is 6.92 Å². The number of hydrogen-bond donors (Lipinski definition) is 1. The predicted molar refractivity (Wildman–Crippen MR) is 99.6 cm³/mol. The van der Waals surface area contributed by atoms with Crippen LogP contribution >= 0.6 is 0 Å². The van der Waals surface area contributed by atoms with Crippen LogP contribution in [0.5, 0.6) is 0 Å². The first-order valence-electron chi connectivity index (χ1n) is 8.56. The van der Waals surface area contributed by atoms with Crippen LogP contribution in [-0.2, 0) is 6.54 Å². The maximum Gasteiger partial charge on any atom is 0.322 e. The van der Waals surface area contributed by atoms with Gasteiger partial charge in [-0.1, -0.05) is 48.0 Å². The maximum absolute atomic E-state index is 13.0. The van der Waals surface area contributed by atoms with Gasteiger partial charge in [0.25, 0.3) is 0 Å². The Labute approximate surface area is 147 Å². The van der Waals surface area contributed by atoms with E-state index in [-0.39, 0.29) is 12.1 Å². The zero-order valence-electron chi connectivity index (χ0n) is 14.2. The second-order valence-corrected chi connectivity index (χ2v) is 6.43. The quantitative estimate of drug-likeness (QED) is 0.741. The topological polar surface area (TPSA) is 37.3 Å². The number of carbonyl (C=O) groups excluding carboxylic acids is 1. The maximum atomic E-state index is 13.0. The van der Waals surface area contributed by atoms with Crippen LogP contribution in [0.25, 0.3) is 0 Å². The van der Waals surface area contributed by atoms with Crippen LogP contribution in [-0.4, -0.2) is 22.0 Å². The number of rotatable bonds is 2. The Hall–Kier alpha value is -3.01. The fraction of sp³-hybridized carbons (Fsp3) is 0.190. The molecule has 1 aliphatic heterocycles. The fourth-order valence-electron chi connectivity index (χ4n) is 3.42. The minimum Gasteiger partial charge on any atom is -0.348 e. The van der Waals surface area contributed by atoms with E-state index >= 15 is 0 Å². The average Bonchev–Trinajstić information content (AvgIpc) is 3.11. The van der Waals surface area contributed by atoms with Gasteiger partial charge >= 0.3 is 6.03 Å². The summed E-state index contributed by atoms with van der Waals surface area (Å²) >= 11 is 0. The molecule has 126 valence electrons.